The molecule has 2 amide bonds. The normalized spacial score (nSPS) is 21.6. The first-order valence-corrected chi connectivity index (χ1v) is 15.2. The van der Waals surface area contributed by atoms with E-state index in [0.717, 1.165) is 50.4 Å². The first kappa shape index (κ1) is 30.7. The van der Waals surface area contributed by atoms with Crippen LogP contribution in [0.3, 0.4) is 0 Å². The number of hydrogen-bond acceptors (Lipinski definition) is 4. The molecule has 1 saturated carbocycles. The van der Waals surface area contributed by atoms with E-state index in [-0.39, 0.29) is 30.3 Å². The minimum atomic E-state index is -0.706. The fourth-order valence-electron chi connectivity index (χ4n) is 6.57. The number of amides is 2. The van der Waals surface area contributed by atoms with Crippen LogP contribution in [0.4, 0.5) is 0 Å². The second-order valence-corrected chi connectivity index (χ2v) is 12.1. The highest BCUT2D eigenvalue weighted by Gasteiger charge is 2.53. The number of halogens is 2. The Morgan fingerprint density at radius 1 is 0.950 bits per heavy atom. The van der Waals surface area contributed by atoms with Gasteiger partial charge in [0.05, 0.1) is 0 Å². The summed E-state index contributed by atoms with van der Waals surface area (Å²) in [5, 5.41) is 3.89. The van der Waals surface area contributed by atoms with Crippen molar-refractivity contribution in [2.45, 2.75) is 89.3 Å². The van der Waals surface area contributed by atoms with Crippen molar-refractivity contribution in [1.29, 1.82) is 0 Å². The molecule has 2 aromatic carbocycles. The van der Waals surface area contributed by atoms with Crippen molar-refractivity contribution in [3.63, 3.8) is 0 Å². The van der Waals surface area contributed by atoms with Gasteiger partial charge in [-0.05, 0) is 73.6 Å². The highest BCUT2D eigenvalue weighted by atomic mass is 35.5. The summed E-state index contributed by atoms with van der Waals surface area (Å²) in [4.78, 5) is 31.8. The van der Waals surface area contributed by atoms with Crippen LogP contribution in [0.5, 0.6) is 11.5 Å². The molecule has 1 spiro atoms. The highest BCUT2D eigenvalue weighted by Crippen LogP contribution is 2.36. The Kier molecular flexibility index (Phi) is 10.8. The highest BCUT2D eigenvalue weighted by molar-refractivity contribution is 6.30. The van der Waals surface area contributed by atoms with Gasteiger partial charge in [0.25, 0.3) is 0 Å². The average molecular weight is 589 g/mol. The van der Waals surface area contributed by atoms with Crippen LogP contribution in [-0.4, -0.2) is 52.8 Å². The van der Waals surface area contributed by atoms with E-state index in [1.165, 1.54) is 37.7 Å². The zero-order valence-electron chi connectivity index (χ0n) is 23.6. The third-order valence-electron chi connectivity index (χ3n) is 8.90. The molecule has 218 valence electrons. The summed E-state index contributed by atoms with van der Waals surface area (Å²) in [6.45, 7) is 5.22. The number of nitrogens with zero attached hydrogens (tertiary/aromatic N) is 2. The molecule has 3 fully saturated rings. The predicted octanol–water partition coefficient (Wildman–Crippen LogP) is 6.99. The predicted molar refractivity (Wildman–Crippen MR) is 162 cm³/mol. The molecule has 2 heterocycles. The lowest BCUT2D eigenvalue weighted by Crippen LogP contribution is -2.73. The van der Waals surface area contributed by atoms with Gasteiger partial charge < -0.3 is 15.0 Å². The Morgan fingerprint density at radius 2 is 1.57 bits per heavy atom. The van der Waals surface area contributed by atoms with E-state index in [1.54, 1.807) is 0 Å². The smallest absolute Gasteiger partial charge is 0.246 e. The van der Waals surface area contributed by atoms with Crippen molar-refractivity contribution in [3.05, 3.63) is 59.1 Å². The van der Waals surface area contributed by atoms with Crippen LogP contribution < -0.4 is 10.1 Å². The molecule has 2 saturated heterocycles. The number of rotatable bonds is 9. The first-order valence-electron chi connectivity index (χ1n) is 14.8. The largest absolute Gasteiger partial charge is 0.457 e. The van der Waals surface area contributed by atoms with E-state index in [9.17, 15) is 9.59 Å². The van der Waals surface area contributed by atoms with Gasteiger partial charge in [-0.25, -0.2) is 0 Å². The Bertz CT molecular complexity index is 1110. The molecule has 2 aromatic rings. The number of piperidine rings is 1. The molecule has 0 bridgehead atoms. The maximum Gasteiger partial charge on any atom is 0.246 e. The lowest BCUT2D eigenvalue weighted by molar-refractivity contribution is -0.162. The Morgan fingerprint density at radius 3 is 2.20 bits per heavy atom. The fourth-order valence-corrected chi connectivity index (χ4v) is 6.70. The summed E-state index contributed by atoms with van der Waals surface area (Å²) in [6, 6.07) is 15.1. The van der Waals surface area contributed by atoms with Crippen LogP contribution in [0.1, 0.15) is 76.7 Å². The van der Waals surface area contributed by atoms with Crippen molar-refractivity contribution in [1.82, 2.24) is 15.1 Å². The van der Waals surface area contributed by atoms with E-state index in [2.05, 4.69) is 29.3 Å². The molecule has 1 N–H and O–H groups in total. The van der Waals surface area contributed by atoms with Crippen molar-refractivity contribution in [2.75, 3.05) is 19.6 Å². The number of carbonyl (C=O) groups is 2. The molecule has 0 unspecified atom stereocenters. The van der Waals surface area contributed by atoms with Crippen molar-refractivity contribution >= 4 is 35.8 Å². The Hall–Kier alpha value is -2.28. The Labute approximate surface area is 250 Å². The summed E-state index contributed by atoms with van der Waals surface area (Å²) in [5.41, 5.74) is 0.496. The monoisotopic (exact) mass is 587 g/mol. The van der Waals surface area contributed by atoms with Crippen LogP contribution in [-0.2, 0) is 16.1 Å². The SMILES string of the molecule is CCCCN1C(=O)[C@H](CC2CCCCC2)NC(=O)C12CCN(Cc1ccc(Oc3ccc(Cl)cc3)cc1)CC2.Cl. The molecule has 2 aliphatic heterocycles. The molecule has 5 rings (SSSR count). The van der Waals surface area contributed by atoms with Crippen LogP contribution in [0.2, 0.25) is 5.02 Å². The zero-order chi connectivity index (χ0) is 27.2. The van der Waals surface area contributed by atoms with Crippen molar-refractivity contribution in [3.8, 4) is 11.5 Å². The molecular weight excluding hydrogens is 545 g/mol. The zero-order valence-corrected chi connectivity index (χ0v) is 25.2. The molecule has 3 aliphatic rings. The number of benzene rings is 2. The van der Waals surface area contributed by atoms with Crippen LogP contribution in [0.15, 0.2) is 48.5 Å². The lowest BCUT2D eigenvalue weighted by atomic mass is 9.79. The summed E-state index contributed by atoms with van der Waals surface area (Å²) >= 11 is 5.96. The number of carbonyl (C=O) groups excluding carboxylic acids is 2. The summed E-state index contributed by atoms with van der Waals surface area (Å²) < 4.78 is 5.92. The van der Waals surface area contributed by atoms with Gasteiger partial charge in [0.2, 0.25) is 11.8 Å². The molecule has 1 aliphatic carbocycles. The van der Waals surface area contributed by atoms with Crippen molar-refractivity contribution < 1.29 is 14.3 Å². The third-order valence-corrected chi connectivity index (χ3v) is 9.15. The molecule has 40 heavy (non-hydrogen) atoms. The van der Waals surface area contributed by atoms with E-state index < -0.39 is 5.54 Å². The van der Waals surface area contributed by atoms with Crippen molar-refractivity contribution in [2.24, 2.45) is 5.92 Å². The van der Waals surface area contributed by atoms with Gasteiger partial charge in [0.1, 0.15) is 23.1 Å². The summed E-state index contributed by atoms with van der Waals surface area (Å²) in [7, 11) is 0. The maximum atomic E-state index is 13.8. The van der Waals surface area contributed by atoms with E-state index in [0.29, 0.717) is 30.3 Å². The molecule has 0 radical (unpaired) electrons. The van der Waals surface area contributed by atoms with Gasteiger partial charge in [-0.3, -0.25) is 14.5 Å². The maximum absolute atomic E-state index is 13.8. The lowest BCUT2D eigenvalue weighted by Gasteiger charge is -2.52. The van der Waals surface area contributed by atoms with Gasteiger partial charge in [-0.1, -0.05) is 69.2 Å². The van der Waals surface area contributed by atoms with E-state index in [1.807, 2.05) is 41.3 Å². The fraction of sp³-hybridized carbons (Fsp3) is 0.562. The molecule has 6 nitrogen and oxygen atoms in total. The Balaban J connectivity index is 0.00000370. The molecular formula is C32H43Cl2N3O3. The second kappa shape index (κ2) is 14.1. The van der Waals surface area contributed by atoms with Gasteiger partial charge in [-0.15, -0.1) is 12.4 Å². The number of ether oxygens (including phenoxy) is 1. The van der Waals surface area contributed by atoms with Gasteiger partial charge in [0.15, 0.2) is 0 Å². The van der Waals surface area contributed by atoms with Gasteiger partial charge in [0, 0.05) is 31.2 Å². The van der Waals surface area contributed by atoms with E-state index >= 15 is 0 Å². The minimum Gasteiger partial charge on any atom is -0.457 e. The topological polar surface area (TPSA) is 61.9 Å². The number of nitrogens with one attached hydrogen (secondary N) is 1. The number of likely N-dealkylation sites (tertiary alicyclic amines) is 1. The number of unbranched alkanes of at least 4 members (excludes halogenated alkanes) is 1. The molecule has 0 aromatic heterocycles. The quantitative estimate of drug-likeness (QED) is 0.343. The standard InChI is InChI=1S/C32H42ClN3O3.ClH/c1-2-3-19-36-30(37)29(22-24-7-5-4-6-8-24)34-31(38)32(36)17-20-35(21-18-32)23-25-9-13-27(14-10-25)39-28-15-11-26(33)12-16-28;/h9-16,24,29H,2-8,17-23H2,1H3,(H,34,38);1H/t29-;/m0./s1. The third kappa shape index (κ3) is 7.13. The van der Waals surface area contributed by atoms with Gasteiger partial charge >= 0.3 is 0 Å². The second-order valence-electron chi connectivity index (χ2n) is 11.6. The average Bonchev–Trinajstić information content (AvgIpc) is 2.96. The van der Waals surface area contributed by atoms with Gasteiger partial charge in [-0.2, -0.15) is 0 Å². The number of hydrogen-bond donors (Lipinski definition) is 1. The summed E-state index contributed by atoms with van der Waals surface area (Å²) in [6.07, 6.45) is 10.3. The number of piperazine rings is 1. The molecule has 1 atom stereocenters. The van der Waals surface area contributed by atoms with Crippen LogP contribution in [0, 0.1) is 5.92 Å². The molecule has 8 heteroatoms. The van der Waals surface area contributed by atoms with E-state index in [4.69, 9.17) is 16.3 Å². The van der Waals surface area contributed by atoms with Crippen LogP contribution in [0.25, 0.3) is 0 Å². The summed E-state index contributed by atoms with van der Waals surface area (Å²) in [5.74, 6) is 2.31. The minimum absolute atomic E-state index is 0. The first-order chi connectivity index (χ1) is 19.0. The van der Waals surface area contributed by atoms with Crippen LogP contribution >= 0.6 is 24.0 Å².